The molecular weight excluding hydrogens is 386 g/mol. The van der Waals surface area contributed by atoms with Gasteiger partial charge in [-0.1, -0.05) is 12.5 Å². The number of aromatic amines is 1. The van der Waals surface area contributed by atoms with Crippen LogP contribution in [0.1, 0.15) is 36.7 Å². The van der Waals surface area contributed by atoms with Gasteiger partial charge < -0.3 is 10.6 Å². The average Bonchev–Trinajstić information content (AvgIpc) is 3.43. The number of rotatable bonds is 4. The van der Waals surface area contributed by atoms with Gasteiger partial charge in [0.05, 0.1) is 23.1 Å². The summed E-state index contributed by atoms with van der Waals surface area (Å²) in [6.07, 6.45) is 11.4. The third-order valence-corrected chi connectivity index (χ3v) is 6.27. The van der Waals surface area contributed by atoms with Crippen molar-refractivity contribution in [2.24, 2.45) is 0 Å². The number of piperidine rings is 1. The molecule has 0 aliphatic carbocycles. The van der Waals surface area contributed by atoms with Crippen LogP contribution in [0.2, 0.25) is 0 Å². The number of hydrogen-bond donors (Lipinski definition) is 3. The highest BCUT2D eigenvalue weighted by Gasteiger charge is 2.25. The molecule has 6 rings (SSSR count). The topological polar surface area (TPSA) is 81.8 Å². The number of H-pyrrole nitrogens is 1. The van der Waals surface area contributed by atoms with E-state index in [0.29, 0.717) is 0 Å². The number of hydrogen-bond acceptors (Lipinski definition) is 6. The first-order valence-electron chi connectivity index (χ1n) is 11.0. The molecule has 0 amide bonds. The van der Waals surface area contributed by atoms with E-state index in [0.717, 1.165) is 45.6 Å². The fourth-order valence-electron chi connectivity index (χ4n) is 4.66. The Morgan fingerprint density at radius 1 is 0.871 bits per heavy atom. The predicted octanol–water partition coefficient (Wildman–Crippen LogP) is 4.54. The van der Waals surface area contributed by atoms with E-state index in [2.05, 4.69) is 60.0 Å². The molecule has 0 bridgehead atoms. The molecule has 1 fully saturated rings. The molecule has 0 saturated carbocycles. The molecule has 0 radical (unpaired) electrons. The predicted molar refractivity (Wildman–Crippen MR) is 123 cm³/mol. The summed E-state index contributed by atoms with van der Waals surface area (Å²) in [5.41, 5.74) is 7.58. The monoisotopic (exact) mass is 411 g/mol. The zero-order valence-corrected chi connectivity index (χ0v) is 17.3. The molecule has 7 heteroatoms. The van der Waals surface area contributed by atoms with Gasteiger partial charge in [-0.15, -0.1) is 0 Å². The van der Waals surface area contributed by atoms with Gasteiger partial charge in [-0.2, -0.15) is 5.10 Å². The molecule has 1 atom stereocenters. The van der Waals surface area contributed by atoms with Crippen molar-refractivity contribution in [1.82, 2.24) is 25.1 Å². The van der Waals surface area contributed by atoms with E-state index in [1.807, 2.05) is 24.7 Å². The quantitative estimate of drug-likeness (QED) is 0.457. The van der Waals surface area contributed by atoms with E-state index in [-0.39, 0.29) is 6.17 Å². The lowest BCUT2D eigenvalue weighted by Gasteiger charge is -2.26. The molecule has 156 valence electrons. The Balaban J connectivity index is 1.30. The van der Waals surface area contributed by atoms with Crippen LogP contribution in [0.15, 0.2) is 55.1 Å². The van der Waals surface area contributed by atoms with Crippen LogP contribution in [0.3, 0.4) is 0 Å². The van der Waals surface area contributed by atoms with Gasteiger partial charge >= 0.3 is 0 Å². The highest BCUT2D eigenvalue weighted by atomic mass is 15.2. The molecular formula is C24H25N7. The first kappa shape index (κ1) is 18.3. The van der Waals surface area contributed by atoms with Crippen LogP contribution >= 0.6 is 0 Å². The third-order valence-electron chi connectivity index (χ3n) is 6.27. The Labute approximate surface area is 180 Å². The van der Waals surface area contributed by atoms with Gasteiger partial charge in [-0.25, -0.2) is 0 Å². The lowest BCUT2D eigenvalue weighted by molar-refractivity contribution is 0.220. The molecule has 3 N–H and O–H groups in total. The summed E-state index contributed by atoms with van der Waals surface area (Å²) < 4.78 is 0. The number of pyridine rings is 2. The van der Waals surface area contributed by atoms with E-state index in [4.69, 9.17) is 0 Å². The Morgan fingerprint density at radius 2 is 1.77 bits per heavy atom. The van der Waals surface area contributed by atoms with Crippen LogP contribution in [0.5, 0.6) is 0 Å². The number of benzene rings is 1. The highest BCUT2D eigenvalue weighted by molar-refractivity contribution is 5.88. The fraction of sp³-hybridized carbons (Fsp3) is 0.292. The van der Waals surface area contributed by atoms with Crippen molar-refractivity contribution in [2.45, 2.75) is 32.0 Å². The zero-order chi connectivity index (χ0) is 20.6. The van der Waals surface area contributed by atoms with E-state index in [9.17, 15) is 0 Å². The maximum atomic E-state index is 4.60. The summed E-state index contributed by atoms with van der Waals surface area (Å²) in [5, 5.41) is 15.8. The van der Waals surface area contributed by atoms with Gasteiger partial charge in [0.15, 0.2) is 0 Å². The molecule has 2 aliphatic heterocycles. The third kappa shape index (κ3) is 3.51. The second-order valence-electron chi connectivity index (χ2n) is 8.43. The van der Waals surface area contributed by atoms with Crippen molar-refractivity contribution < 1.29 is 0 Å². The minimum absolute atomic E-state index is 0.0910. The van der Waals surface area contributed by atoms with Gasteiger partial charge in [0, 0.05) is 36.1 Å². The molecule has 1 unspecified atom stereocenters. The van der Waals surface area contributed by atoms with Gasteiger partial charge in [0.2, 0.25) is 0 Å². The van der Waals surface area contributed by atoms with Crippen molar-refractivity contribution in [1.29, 1.82) is 0 Å². The van der Waals surface area contributed by atoms with Crippen molar-refractivity contribution in [2.75, 3.05) is 23.7 Å². The lowest BCUT2D eigenvalue weighted by atomic mass is 10.0. The van der Waals surface area contributed by atoms with Crippen LogP contribution in [0, 0.1) is 0 Å². The number of aromatic nitrogens is 4. The maximum absolute atomic E-state index is 4.60. The Bertz CT molecular complexity index is 1200. The Kier molecular flexibility index (Phi) is 4.53. The molecule has 0 spiro atoms. The second kappa shape index (κ2) is 7.67. The summed E-state index contributed by atoms with van der Waals surface area (Å²) in [6, 6.07) is 10.7. The van der Waals surface area contributed by atoms with E-state index in [1.54, 1.807) is 6.20 Å². The summed E-state index contributed by atoms with van der Waals surface area (Å²) in [4.78, 5) is 11.3. The average molecular weight is 412 g/mol. The van der Waals surface area contributed by atoms with Crippen molar-refractivity contribution in [3.8, 4) is 11.1 Å². The number of nitrogens with zero attached hydrogens (tertiary/aromatic N) is 4. The molecule has 5 heterocycles. The number of likely N-dealkylation sites (tertiary alicyclic amines) is 1. The molecule has 31 heavy (non-hydrogen) atoms. The van der Waals surface area contributed by atoms with Crippen LogP contribution in [-0.4, -0.2) is 38.2 Å². The number of nitrogens with one attached hydrogen (secondary N) is 3. The van der Waals surface area contributed by atoms with Gasteiger partial charge in [-0.3, -0.25) is 20.0 Å². The minimum Gasteiger partial charge on any atom is -0.359 e. The van der Waals surface area contributed by atoms with Crippen LogP contribution in [-0.2, 0) is 6.54 Å². The second-order valence-corrected chi connectivity index (χ2v) is 8.43. The summed E-state index contributed by atoms with van der Waals surface area (Å²) in [5.74, 6) is 0. The molecule has 1 saturated heterocycles. The van der Waals surface area contributed by atoms with Crippen molar-refractivity contribution >= 4 is 22.3 Å². The first-order valence-corrected chi connectivity index (χ1v) is 11.0. The van der Waals surface area contributed by atoms with E-state index >= 15 is 0 Å². The van der Waals surface area contributed by atoms with Crippen LogP contribution in [0.4, 0.5) is 11.4 Å². The Morgan fingerprint density at radius 3 is 2.68 bits per heavy atom. The normalized spacial score (nSPS) is 18.5. The van der Waals surface area contributed by atoms with Crippen LogP contribution in [0.25, 0.3) is 22.0 Å². The lowest BCUT2D eigenvalue weighted by Crippen LogP contribution is -2.29. The highest BCUT2D eigenvalue weighted by Crippen LogP contribution is 2.36. The fourth-order valence-corrected chi connectivity index (χ4v) is 4.66. The van der Waals surface area contributed by atoms with Gasteiger partial charge in [-0.05, 0) is 61.3 Å². The molecule has 1 aromatic carbocycles. The maximum Gasteiger partial charge on any atom is 0.143 e. The smallest absolute Gasteiger partial charge is 0.143 e. The summed E-state index contributed by atoms with van der Waals surface area (Å²) in [7, 11) is 0. The zero-order valence-electron chi connectivity index (χ0n) is 17.3. The van der Waals surface area contributed by atoms with E-state index < -0.39 is 0 Å². The summed E-state index contributed by atoms with van der Waals surface area (Å²) >= 11 is 0. The molecule has 4 aromatic rings. The minimum atomic E-state index is -0.0910. The first-order chi connectivity index (χ1) is 15.3. The Hall–Kier alpha value is -3.45. The van der Waals surface area contributed by atoms with E-state index in [1.165, 1.54) is 37.9 Å². The van der Waals surface area contributed by atoms with Crippen molar-refractivity contribution in [3.63, 3.8) is 0 Å². The molecule has 3 aromatic heterocycles. The SMILES string of the molecule is c1cc2c(cn1)NC(c1n[nH]c3ccc(-c4cncc(CN5CCCCC5)c4)cc13)N2. The number of anilines is 2. The standard InChI is InChI=1S/C24H25N7/c1-2-8-31(9-3-1)15-16-10-18(13-26-12-16)17-4-5-20-19(11-17)23(30-29-20)24-27-21-6-7-25-14-22(21)28-24/h4-7,10-14,24,27-28H,1-3,8-9,15H2,(H,29,30). The van der Waals surface area contributed by atoms with Crippen LogP contribution < -0.4 is 10.6 Å². The largest absolute Gasteiger partial charge is 0.359 e. The molecule has 2 aliphatic rings. The van der Waals surface area contributed by atoms with Crippen molar-refractivity contribution in [3.05, 3.63) is 66.4 Å². The number of fused-ring (bicyclic) bond motifs is 2. The van der Waals surface area contributed by atoms with Gasteiger partial charge in [0.25, 0.3) is 0 Å². The van der Waals surface area contributed by atoms with Gasteiger partial charge in [0.1, 0.15) is 11.9 Å². The molecule has 7 nitrogen and oxygen atoms in total. The summed E-state index contributed by atoms with van der Waals surface area (Å²) in [6.45, 7) is 3.35.